The minimum Gasteiger partial charge on any atom is -0.481 e. The summed E-state index contributed by atoms with van der Waals surface area (Å²) >= 11 is 0. The molecule has 0 aromatic heterocycles. The number of hydrogen-bond acceptors (Lipinski definition) is 5. The summed E-state index contributed by atoms with van der Waals surface area (Å²) in [5.41, 5.74) is 1.07. The molecule has 1 atom stereocenters. The summed E-state index contributed by atoms with van der Waals surface area (Å²) in [6.45, 7) is 6.03. The molecular weight excluding hydrogens is 341 g/mol. The van der Waals surface area contributed by atoms with Crippen molar-refractivity contribution in [2.24, 2.45) is 5.92 Å². The van der Waals surface area contributed by atoms with Gasteiger partial charge in [-0.15, -0.1) is 0 Å². The van der Waals surface area contributed by atoms with Crippen LogP contribution < -0.4 is 9.80 Å². The maximum atomic E-state index is 14.7. The fourth-order valence-electron chi connectivity index (χ4n) is 3.59. The molecule has 0 spiro atoms. The van der Waals surface area contributed by atoms with E-state index in [1.54, 1.807) is 15.9 Å². The molecule has 2 aliphatic rings. The lowest BCUT2D eigenvalue weighted by atomic mass is 9.90. The van der Waals surface area contributed by atoms with Crippen LogP contribution >= 0.6 is 0 Å². The van der Waals surface area contributed by atoms with E-state index in [0.717, 1.165) is 6.07 Å². The van der Waals surface area contributed by atoms with Gasteiger partial charge in [0, 0.05) is 57.4 Å². The summed E-state index contributed by atoms with van der Waals surface area (Å²) in [5, 5.41) is 9.26. The number of hydrogen-bond donors (Lipinski definition) is 1. The Morgan fingerprint density at radius 3 is 2.38 bits per heavy atom. The number of rotatable bonds is 3. The van der Waals surface area contributed by atoms with E-state index in [-0.39, 0.29) is 18.0 Å². The lowest BCUT2D eigenvalue weighted by Gasteiger charge is -2.38. The van der Waals surface area contributed by atoms with Gasteiger partial charge in [0.1, 0.15) is 11.7 Å². The van der Waals surface area contributed by atoms with Crippen LogP contribution in [0.25, 0.3) is 0 Å². The van der Waals surface area contributed by atoms with E-state index in [2.05, 4.69) is 0 Å². The summed E-state index contributed by atoms with van der Waals surface area (Å²) in [5.74, 6) is -3.46. The summed E-state index contributed by atoms with van der Waals surface area (Å²) in [7, 11) is 0. The molecule has 1 fully saturated rings. The Bertz CT molecular complexity index is 759. The van der Waals surface area contributed by atoms with Crippen LogP contribution in [0.3, 0.4) is 0 Å². The van der Waals surface area contributed by atoms with Crippen LogP contribution in [-0.2, 0) is 9.59 Å². The normalized spacial score (nSPS) is 20.2. The molecule has 140 valence electrons. The number of Topliss-reactive ketones (excluding diaryl/α,β-unsaturated/α-hetero) is 1. The van der Waals surface area contributed by atoms with Crippen molar-refractivity contribution in [3.63, 3.8) is 0 Å². The van der Waals surface area contributed by atoms with Gasteiger partial charge in [-0.05, 0) is 19.1 Å². The highest BCUT2D eigenvalue weighted by Gasteiger charge is 2.37. The maximum absolute atomic E-state index is 14.7. The standard InChI is InChI=1S/C18H22FN3O4/c1-3-20-10-13(18(25)26)17(24)12-8-14(19)16(9-15(12)20)22-6-4-21(5-7-22)11(2)23/h8-9,13H,3-7,10H2,1-2H3,(H,25,26). The Balaban J connectivity index is 1.93. The van der Waals surface area contributed by atoms with E-state index in [1.807, 2.05) is 11.8 Å². The second-order valence-electron chi connectivity index (χ2n) is 6.61. The van der Waals surface area contributed by atoms with Crippen molar-refractivity contribution in [1.29, 1.82) is 0 Å². The molecule has 0 radical (unpaired) electrons. The summed E-state index contributed by atoms with van der Waals surface area (Å²) in [4.78, 5) is 40.6. The van der Waals surface area contributed by atoms with Crippen molar-refractivity contribution in [3.8, 4) is 0 Å². The number of halogens is 1. The highest BCUT2D eigenvalue weighted by molar-refractivity contribution is 6.13. The maximum Gasteiger partial charge on any atom is 0.316 e. The summed E-state index contributed by atoms with van der Waals surface area (Å²) in [6.07, 6.45) is 0. The topological polar surface area (TPSA) is 81.2 Å². The number of carboxylic acid groups (broad SMARTS) is 1. The van der Waals surface area contributed by atoms with E-state index >= 15 is 0 Å². The highest BCUT2D eigenvalue weighted by Crippen LogP contribution is 2.35. The molecule has 3 rings (SSSR count). The Labute approximate surface area is 151 Å². The molecule has 0 saturated carbocycles. The number of fused-ring (bicyclic) bond motifs is 1. The molecule has 2 aliphatic heterocycles. The van der Waals surface area contributed by atoms with Crippen LogP contribution in [0.4, 0.5) is 15.8 Å². The van der Waals surface area contributed by atoms with E-state index in [1.165, 1.54) is 6.92 Å². The van der Waals surface area contributed by atoms with Gasteiger partial charge in [0.2, 0.25) is 5.91 Å². The molecule has 1 saturated heterocycles. The van der Waals surface area contributed by atoms with Gasteiger partial charge in [-0.25, -0.2) is 4.39 Å². The molecule has 1 aromatic carbocycles. The van der Waals surface area contributed by atoms with Gasteiger partial charge in [-0.3, -0.25) is 14.4 Å². The van der Waals surface area contributed by atoms with Gasteiger partial charge >= 0.3 is 5.97 Å². The SMILES string of the molecule is CCN1CC(C(=O)O)C(=O)c2cc(F)c(N3CCN(C(C)=O)CC3)cc21. The predicted molar refractivity (Wildman–Crippen MR) is 94.2 cm³/mol. The van der Waals surface area contributed by atoms with Crippen LogP contribution in [0.15, 0.2) is 12.1 Å². The number of carboxylic acids is 1. The first-order chi connectivity index (χ1) is 12.3. The third kappa shape index (κ3) is 3.11. The van der Waals surface area contributed by atoms with E-state index in [4.69, 9.17) is 0 Å². The molecule has 1 unspecified atom stereocenters. The highest BCUT2D eigenvalue weighted by atomic mass is 19.1. The monoisotopic (exact) mass is 363 g/mol. The summed E-state index contributed by atoms with van der Waals surface area (Å²) in [6, 6.07) is 2.79. The first-order valence-electron chi connectivity index (χ1n) is 8.69. The third-order valence-corrected chi connectivity index (χ3v) is 5.14. The number of benzene rings is 1. The molecule has 1 N–H and O–H groups in total. The van der Waals surface area contributed by atoms with Gasteiger partial charge < -0.3 is 19.8 Å². The number of piperazine rings is 1. The molecule has 7 nitrogen and oxygen atoms in total. The van der Waals surface area contributed by atoms with Gasteiger partial charge in [0.25, 0.3) is 0 Å². The number of anilines is 2. The quantitative estimate of drug-likeness (QED) is 0.814. The van der Waals surface area contributed by atoms with E-state index in [0.29, 0.717) is 44.1 Å². The van der Waals surface area contributed by atoms with E-state index < -0.39 is 23.5 Å². The number of ketones is 1. The molecule has 26 heavy (non-hydrogen) atoms. The van der Waals surface area contributed by atoms with Gasteiger partial charge in [-0.1, -0.05) is 0 Å². The van der Waals surface area contributed by atoms with E-state index in [9.17, 15) is 23.9 Å². The first-order valence-corrected chi connectivity index (χ1v) is 8.69. The zero-order chi connectivity index (χ0) is 19.0. The van der Waals surface area contributed by atoms with Gasteiger partial charge in [-0.2, -0.15) is 0 Å². The Morgan fingerprint density at radius 1 is 1.19 bits per heavy atom. The molecule has 1 aromatic rings. The Kier molecular flexibility index (Phi) is 4.84. The number of aliphatic carboxylic acids is 1. The molecule has 8 heteroatoms. The lowest BCUT2D eigenvalue weighted by Crippen LogP contribution is -2.48. The molecule has 0 aliphatic carbocycles. The smallest absolute Gasteiger partial charge is 0.316 e. The fourth-order valence-corrected chi connectivity index (χ4v) is 3.59. The third-order valence-electron chi connectivity index (χ3n) is 5.14. The van der Waals surface area contributed by atoms with Crippen molar-refractivity contribution in [2.45, 2.75) is 13.8 Å². The van der Waals surface area contributed by atoms with Crippen molar-refractivity contribution < 1.29 is 23.9 Å². The van der Waals surface area contributed by atoms with Crippen LogP contribution in [0.5, 0.6) is 0 Å². The average molecular weight is 363 g/mol. The largest absolute Gasteiger partial charge is 0.481 e. The second-order valence-corrected chi connectivity index (χ2v) is 6.61. The van der Waals surface area contributed by atoms with Crippen molar-refractivity contribution in [3.05, 3.63) is 23.5 Å². The molecular formula is C18H22FN3O4. The number of nitrogens with zero attached hydrogens (tertiary/aromatic N) is 3. The minimum atomic E-state index is -1.19. The van der Waals surface area contributed by atoms with Crippen molar-refractivity contribution in [1.82, 2.24) is 4.90 Å². The van der Waals surface area contributed by atoms with Crippen molar-refractivity contribution >= 4 is 29.0 Å². The predicted octanol–water partition coefficient (Wildman–Crippen LogP) is 1.22. The number of amides is 1. The number of carbonyl (C=O) groups is 3. The van der Waals surface area contributed by atoms with Crippen LogP contribution in [0.2, 0.25) is 0 Å². The van der Waals surface area contributed by atoms with Crippen LogP contribution in [0.1, 0.15) is 24.2 Å². The zero-order valence-corrected chi connectivity index (χ0v) is 14.9. The molecule has 0 bridgehead atoms. The van der Waals surface area contributed by atoms with Gasteiger partial charge in [0.15, 0.2) is 5.78 Å². The Morgan fingerprint density at radius 2 is 1.85 bits per heavy atom. The fraction of sp³-hybridized carbons (Fsp3) is 0.500. The van der Waals surface area contributed by atoms with Crippen molar-refractivity contribution in [2.75, 3.05) is 49.1 Å². The Hall–Kier alpha value is -2.64. The minimum absolute atomic E-state index is 0.00182. The number of carbonyl (C=O) groups excluding carboxylic acids is 2. The zero-order valence-electron chi connectivity index (χ0n) is 14.9. The summed E-state index contributed by atoms with van der Waals surface area (Å²) < 4.78 is 14.7. The second kappa shape index (κ2) is 6.93. The molecule has 2 heterocycles. The van der Waals surface area contributed by atoms with Crippen LogP contribution in [-0.4, -0.2) is 66.9 Å². The lowest BCUT2D eigenvalue weighted by molar-refractivity contribution is -0.139. The first kappa shape index (κ1) is 18.2. The molecule has 1 amide bonds. The van der Waals surface area contributed by atoms with Gasteiger partial charge in [0.05, 0.1) is 5.69 Å². The van der Waals surface area contributed by atoms with Crippen LogP contribution in [0, 0.1) is 11.7 Å². The average Bonchev–Trinajstić information content (AvgIpc) is 2.62.